The Morgan fingerprint density at radius 2 is 0.893 bits per heavy atom. The van der Waals surface area contributed by atoms with Crippen LogP contribution in [0.4, 0.5) is 0 Å². The van der Waals surface area contributed by atoms with E-state index in [1.54, 1.807) is 0 Å². The van der Waals surface area contributed by atoms with E-state index in [2.05, 4.69) is 31.0 Å². The monoisotopic (exact) mass is 810 g/mol. The molecule has 56 heavy (non-hydrogen) atoms. The van der Waals surface area contributed by atoms with Crippen LogP contribution in [0.3, 0.4) is 0 Å². The molecule has 0 amide bonds. The minimum absolute atomic E-state index is 0.0150. The fourth-order valence-corrected chi connectivity index (χ4v) is 7.49. The van der Waals surface area contributed by atoms with Gasteiger partial charge in [-0.25, -0.2) is 0 Å². The molecule has 7 nitrogen and oxygen atoms in total. The first-order chi connectivity index (χ1) is 27.3. The Balaban J connectivity index is 4.34. The second-order valence-electron chi connectivity index (χ2n) is 16.9. The summed E-state index contributed by atoms with van der Waals surface area (Å²) >= 11 is 5.41. The van der Waals surface area contributed by atoms with Crippen LogP contribution in [0.1, 0.15) is 239 Å². The van der Waals surface area contributed by atoms with Gasteiger partial charge in [0.1, 0.15) is 6.10 Å². The van der Waals surface area contributed by atoms with Crippen molar-refractivity contribution in [1.29, 1.82) is 0 Å². The fraction of sp³-hybridized carbons (Fsp3) is 0.938. The van der Waals surface area contributed by atoms with E-state index in [-0.39, 0.29) is 18.0 Å². The van der Waals surface area contributed by atoms with Crippen molar-refractivity contribution in [2.75, 3.05) is 46.9 Å². The number of hydrogen-bond donors (Lipinski definition) is 1. The number of ether oxygens (including phenoxy) is 2. The summed E-state index contributed by atoms with van der Waals surface area (Å²) in [4.78, 5) is 29.5. The van der Waals surface area contributed by atoms with Crippen molar-refractivity contribution in [3.05, 3.63) is 0 Å². The normalized spacial score (nSPS) is 11.4. The maximum absolute atomic E-state index is 12.8. The third-order valence-electron chi connectivity index (χ3n) is 11.1. The lowest BCUT2D eigenvalue weighted by Crippen LogP contribution is -2.36. The predicted molar refractivity (Wildman–Crippen MR) is 246 cm³/mol. The van der Waals surface area contributed by atoms with Crippen molar-refractivity contribution < 1.29 is 19.1 Å². The minimum Gasteiger partial charge on any atom is -0.466 e. The van der Waals surface area contributed by atoms with Crippen molar-refractivity contribution >= 4 is 29.3 Å². The lowest BCUT2D eigenvalue weighted by molar-refractivity contribution is -0.150. The highest BCUT2D eigenvalue weighted by Crippen LogP contribution is 2.18. The van der Waals surface area contributed by atoms with Crippen LogP contribution in [0.5, 0.6) is 0 Å². The number of nitrogens with zero attached hydrogens (tertiary/aromatic N) is 2. The summed E-state index contributed by atoms with van der Waals surface area (Å²) in [5, 5.41) is 4.17. The number of unbranched alkanes of at least 4 members (excludes halogenated alkanes) is 24. The van der Waals surface area contributed by atoms with Crippen LogP contribution in [-0.4, -0.2) is 79.8 Å². The molecule has 0 atom stereocenters. The number of nitrogens with one attached hydrogen (secondary N) is 1. The molecule has 0 fully saturated rings. The van der Waals surface area contributed by atoms with E-state index < -0.39 is 0 Å². The molecule has 1 N–H and O–H groups in total. The van der Waals surface area contributed by atoms with Crippen molar-refractivity contribution in [3.8, 4) is 0 Å². The average Bonchev–Trinajstić information content (AvgIpc) is 3.18. The van der Waals surface area contributed by atoms with Gasteiger partial charge in [-0.05, 0) is 96.1 Å². The standard InChI is InChI=1S/C48H95N3O4S/c1-6-9-12-15-18-23-30-38-46(52)54-44-34-27-20-26-33-42-51(43-35-40-49-48(56)50(4)5)41-32-25-19-24-31-39-47(53)55-45(36-28-21-16-13-10-7-2)37-29-22-17-14-11-8-3/h45H,6-44H2,1-5H3,(H,49,56). The SMILES string of the molecule is CCCCCCCCCC(=O)OCCCCCCCN(CCCCCCCC(=O)OC(CCCCCCCC)CCCCCCCC)CCCNC(=S)N(C)C. The zero-order valence-corrected chi connectivity index (χ0v) is 38.9. The first kappa shape index (κ1) is 54.6. The number of thiocarbonyl (C=S) groups is 1. The molecule has 0 rings (SSSR count). The van der Waals surface area contributed by atoms with E-state index in [0.717, 1.165) is 89.1 Å². The molecule has 0 aromatic heterocycles. The molecule has 0 aliphatic carbocycles. The Labute approximate surface area is 354 Å². The Kier molecular flexibility index (Phi) is 42.1. The number of esters is 2. The highest BCUT2D eigenvalue weighted by Gasteiger charge is 2.14. The van der Waals surface area contributed by atoms with Crippen molar-refractivity contribution in [2.24, 2.45) is 0 Å². The van der Waals surface area contributed by atoms with Crippen LogP contribution < -0.4 is 5.32 Å². The van der Waals surface area contributed by atoms with Crippen LogP contribution in [0.15, 0.2) is 0 Å². The van der Waals surface area contributed by atoms with Crippen LogP contribution >= 0.6 is 12.2 Å². The van der Waals surface area contributed by atoms with Gasteiger partial charge >= 0.3 is 11.9 Å². The maximum atomic E-state index is 12.8. The number of rotatable bonds is 43. The van der Waals surface area contributed by atoms with Gasteiger partial charge in [0.15, 0.2) is 5.11 Å². The zero-order chi connectivity index (χ0) is 41.2. The third-order valence-corrected chi connectivity index (χ3v) is 11.6. The van der Waals surface area contributed by atoms with E-state index in [0.29, 0.717) is 19.4 Å². The minimum atomic E-state index is -0.0150. The van der Waals surface area contributed by atoms with Gasteiger partial charge in [-0.2, -0.15) is 0 Å². The van der Waals surface area contributed by atoms with Gasteiger partial charge in [0.05, 0.1) is 6.61 Å². The van der Waals surface area contributed by atoms with Crippen LogP contribution in [0.2, 0.25) is 0 Å². The molecule has 0 spiro atoms. The lowest BCUT2D eigenvalue weighted by atomic mass is 10.0. The molecule has 0 aliphatic heterocycles. The average molecular weight is 810 g/mol. The number of carbonyl (C=O) groups is 2. The quantitative estimate of drug-likeness (QED) is 0.0371. The molecular weight excluding hydrogens is 715 g/mol. The molecule has 0 aliphatic rings. The van der Waals surface area contributed by atoms with Crippen LogP contribution in [0, 0.1) is 0 Å². The highest BCUT2D eigenvalue weighted by atomic mass is 32.1. The second kappa shape index (κ2) is 43.2. The summed E-state index contributed by atoms with van der Waals surface area (Å²) < 4.78 is 11.6. The van der Waals surface area contributed by atoms with E-state index in [1.165, 1.54) is 148 Å². The van der Waals surface area contributed by atoms with E-state index in [9.17, 15) is 9.59 Å². The summed E-state index contributed by atoms with van der Waals surface area (Å²) in [6.45, 7) is 11.6. The Morgan fingerprint density at radius 3 is 1.38 bits per heavy atom. The van der Waals surface area contributed by atoms with Crippen LogP contribution in [0.25, 0.3) is 0 Å². The largest absolute Gasteiger partial charge is 0.466 e. The molecular formula is C48H95N3O4S. The summed E-state index contributed by atoms with van der Waals surface area (Å²) in [7, 11) is 3.97. The number of carbonyl (C=O) groups excluding carboxylic acids is 2. The van der Waals surface area contributed by atoms with E-state index in [4.69, 9.17) is 21.7 Å². The predicted octanol–water partition coefficient (Wildman–Crippen LogP) is 13.5. The zero-order valence-electron chi connectivity index (χ0n) is 38.1. The summed E-state index contributed by atoms with van der Waals surface area (Å²) in [5.74, 6) is 0.0131. The molecule has 0 heterocycles. The third kappa shape index (κ3) is 39.4. The maximum Gasteiger partial charge on any atom is 0.306 e. The smallest absolute Gasteiger partial charge is 0.306 e. The first-order valence-corrected chi connectivity index (χ1v) is 24.8. The summed E-state index contributed by atoms with van der Waals surface area (Å²) in [6, 6.07) is 0. The molecule has 8 heteroatoms. The first-order valence-electron chi connectivity index (χ1n) is 24.4. The van der Waals surface area contributed by atoms with Gasteiger partial charge in [0.2, 0.25) is 0 Å². The summed E-state index contributed by atoms with van der Waals surface area (Å²) in [6.07, 6.45) is 39.8. The van der Waals surface area contributed by atoms with Crippen LogP contribution in [-0.2, 0) is 19.1 Å². The Morgan fingerprint density at radius 1 is 0.500 bits per heavy atom. The molecule has 0 aromatic rings. The molecule has 0 saturated carbocycles. The van der Waals surface area contributed by atoms with Crippen molar-refractivity contribution in [2.45, 2.75) is 245 Å². The topological polar surface area (TPSA) is 71.1 Å². The lowest BCUT2D eigenvalue weighted by Gasteiger charge is -2.23. The highest BCUT2D eigenvalue weighted by molar-refractivity contribution is 7.80. The molecule has 0 saturated heterocycles. The van der Waals surface area contributed by atoms with E-state index >= 15 is 0 Å². The van der Waals surface area contributed by atoms with E-state index in [1.807, 2.05) is 19.0 Å². The van der Waals surface area contributed by atoms with Gasteiger partial charge in [-0.1, -0.05) is 162 Å². The molecule has 0 unspecified atom stereocenters. The second-order valence-corrected chi connectivity index (χ2v) is 17.3. The van der Waals surface area contributed by atoms with Gasteiger partial charge in [-0.15, -0.1) is 0 Å². The molecule has 332 valence electrons. The Bertz CT molecular complexity index is 857. The van der Waals surface area contributed by atoms with Gasteiger partial charge in [0.25, 0.3) is 0 Å². The number of hydrogen-bond acceptors (Lipinski definition) is 6. The Hall–Kier alpha value is -1.41. The fourth-order valence-electron chi connectivity index (χ4n) is 7.39. The van der Waals surface area contributed by atoms with Gasteiger partial charge in [-0.3, -0.25) is 9.59 Å². The molecule has 0 aromatic carbocycles. The van der Waals surface area contributed by atoms with Gasteiger partial charge < -0.3 is 24.6 Å². The molecule has 0 bridgehead atoms. The summed E-state index contributed by atoms with van der Waals surface area (Å²) in [5.41, 5.74) is 0. The van der Waals surface area contributed by atoms with Crippen molar-refractivity contribution in [3.63, 3.8) is 0 Å². The van der Waals surface area contributed by atoms with Gasteiger partial charge in [0, 0.05) is 33.5 Å². The molecule has 0 radical (unpaired) electrons. The van der Waals surface area contributed by atoms with Crippen molar-refractivity contribution in [1.82, 2.24) is 15.1 Å².